The van der Waals surface area contributed by atoms with Crippen LogP contribution in [0.25, 0.3) is 0 Å². The highest BCUT2D eigenvalue weighted by Crippen LogP contribution is 2.02. The van der Waals surface area contributed by atoms with Crippen molar-refractivity contribution in [3.63, 3.8) is 0 Å². The second kappa shape index (κ2) is 2.24. The molecular weight excluding hydrogens is 142 g/mol. The van der Waals surface area contributed by atoms with Crippen LogP contribution in [0.15, 0.2) is 0 Å². The average molecular weight is 151 g/mol. The van der Waals surface area contributed by atoms with Crippen LogP contribution < -0.4 is 0 Å². The summed E-state index contributed by atoms with van der Waals surface area (Å²) >= 11 is 0. The van der Waals surface area contributed by atoms with Crippen molar-refractivity contribution in [3.05, 3.63) is 0 Å². The number of hydrogen-bond acceptors (Lipinski definition) is 4. The minimum atomic E-state index is -3.21. The molecule has 5 heteroatoms. The van der Waals surface area contributed by atoms with Crippen LogP contribution >= 0.6 is 0 Å². The van der Waals surface area contributed by atoms with E-state index >= 15 is 0 Å². The van der Waals surface area contributed by atoms with Crippen molar-refractivity contribution < 1.29 is 12.6 Å². The van der Waals surface area contributed by atoms with Crippen molar-refractivity contribution in [3.8, 4) is 0 Å². The number of hydrogen-bond donors (Lipinski definition) is 0. The summed E-state index contributed by atoms with van der Waals surface area (Å²) in [5.74, 6) is 0.0208. The molecular formula is C4H9NO3S. The first-order valence-electron chi connectivity index (χ1n) is 2.66. The summed E-state index contributed by atoms with van der Waals surface area (Å²) in [5, 5.41) is 0. The lowest BCUT2D eigenvalue weighted by Gasteiger charge is -2.20. The van der Waals surface area contributed by atoms with Gasteiger partial charge in [0.15, 0.2) is 0 Å². The van der Waals surface area contributed by atoms with Gasteiger partial charge in [0, 0.05) is 6.54 Å². The lowest BCUT2D eigenvalue weighted by molar-refractivity contribution is 0.216. The van der Waals surface area contributed by atoms with Crippen LogP contribution in [-0.4, -0.2) is 39.4 Å². The normalized spacial score (nSPS) is 28.1. The van der Waals surface area contributed by atoms with Crippen LogP contribution in [0.1, 0.15) is 0 Å². The van der Waals surface area contributed by atoms with Crippen LogP contribution in [0, 0.1) is 0 Å². The van der Waals surface area contributed by atoms with E-state index < -0.39 is 10.1 Å². The van der Waals surface area contributed by atoms with Crippen LogP contribution in [0.3, 0.4) is 0 Å². The molecule has 1 aliphatic rings. The van der Waals surface area contributed by atoms with Crippen molar-refractivity contribution in [1.29, 1.82) is 0 Å². The van der Waals surface area contributed by atoms with E-state index in [1.54, 1.807) is 11.9 Å². The molecule has 0 unspecified atom stereocenters. The summed E-state index contributed by atoms with van der Waals surface area (Å²) in [6, 6.07) is 0. The Kier molecular flexibility index (Phi) is 1.74. The monoisotopic (exact) mass is 151 g/mol. The zero-order valence-electron chi connectivity index (χ0n) is 5.20. The van der Waals surface area contributed by atoms with Crippen molar-refractivity contribution in [2.24, 2.45) is 0 Å². The highest BCUT2D eigenvalue weighted by atomic mass is 32.2. The minimum Gasteiger partial charge on any atom is -0.289 e. The minimum absolute atomic E-state index is 0.0208. The quantitative estimate of drug-likeness (QED) is 0.427. The molecule has 0 radical (unpaired) electrons. The van der Waals surface area contributed by atoms with E-state index in [-0.39, 0.29) is 5.88 Å². The molecule has 0 atom stereocenters. The largest absolute Gasteiger partial charge is 0.289 e. The fourth-order valence-corrected chi connectivity index (χ4v) is 1.76. The third-order valence-electron chi connectivity index (χ3n) is 1.11. The third-order valence-corrected chi connectivity index (χ3v) is 2.40. The molecule has 54 valence electrons. The number of likely N-dealkylation sites (N-methyl/N-ethyl adjacent to an activating group) is 1. The number of nitrogens with zero attached hydrogens (tertiary/aromatic N) is 1. The second-order valence-corrected chi connectivity index (χ2v) is 3.70. The zero-order chi connectivity index (χ0) is 6.91. The Morgan fingerprint density at radius 1 is 1.56 bits per heavy atom. The molecule has 0 bridgehead atoms. The molecule has 1 rings (SSSR count). The Balaban J connectivity index is 2.62. The Bertz CT molecular complexity index is 186. The SMILES string of the molecule is CN1CCOS(=O)(=O)C1. The van der Waals surface area contributed by atoms with Gasteiger partial charge in [-0.15, -0.1) is 0 Å². The topological polar surface area (TPSA) is 46.6 Å². The van der Waals surface area contributed by atoms with Crippen molar-refractivity contribution in [2.45, 2.75) is 0 Å². The highest BCUT2D eigenvalue weighted by molar-refractivity contribution is 7.86. The van der Waals surface area contributed by atoms with Crippen molar-refractivity contribution in [1.82, 2.24) is 4.90 Å². The van der Waals surface area contributed by atoms with E-state index in [0.29, 0.717) is 13.2 Å². The Labute approximate surface area is 54.5 Å². The van der Waals surface area contributed by atoms with Gasteiger partial charge in [-0.2, -0.15) is 8.42 Å². The van der Waals surface area contributed by atoms with Crippen LogP contribution in [0.4, 0.5) is 0 Å². The van der Waals surface area contributed by atoms with Gasteiger partial charge >= 0.3 is 0 Å². The maximum absolute atomic E-state index is 10.6. The van der Waals surface area contributed by atoms with Gasteiger partial charge in [-0.3, -0.25) is 9.08 Å². The predicted molar refractivity (Wildman–Crippen MR) is 32.4 cm³/mol. The summed E-state index contributed by atoms with van der Waals surface area (Å²) in [6.07, 6.45) is 0. The van der Waals surface area contributed by atoms with E-state index in [2.05, 4.69) is 4.18 Å². The molecule has 1 saturated heterocycles. The van der Waals surface area contributed by atoms with E-state index in [9.17, 15) is 8.42 Å². The Morgan fingerprint density at radius 3 is 2.56 bits per heavy atom. The fraction of sp³-hybridized carbons (Fsp3) is 1.00. The summed E-state index contributed by atoms with van der Waals surface area (Å²) < 4.78 is 25.7. The van der Waals surface area contributed by atoms with Gasteiger partial charge in [0.2, 0.25) is 0 Å². The van der Waals surface area contributed by atoms with E-state index in [4.69, 9.17) is 0 Å². The molecule has 0 aliphatic carbocycles. The molecule has 1 aliphatic heterocycles. The maximum atomic E-state index is 10.6. The molecule has 0 saturated carbocycles. The molecule has 1 heterocycles. The number of rotatable bonds is 0. The van der Waals surface area contributed by atoms with Gasteiger partial charge in [0.1, 0.15) is 5.88 Å². The highest BCUT2D eigenvalue weighted by Gasteiger charge is 2.19. The van der Waals surface area contributed by atoms with Crippen LogP contribution in [0.2, 0.25) is 0 Å². The first-order chi connectivity index (χ1) is 4.10. The molecule has 1 fully saturated rings. The molecule has 0 aromatic rings. The van der Waals surface area contributed by atoms with Gasteiger partial charge in [-0.1, -0.05) is 0 Å². The first kappa shape index (κ1) is 6.98. The Hall–Kier alpha value is -0.130. The average Bonchev–Trinajstić information content (AvgIpc) is 1.60. The molecule has 4 nitrogen and oxygen atoms in total. The summed E-state index contributed by atoms with van der Waals surface area (Å²) in [6.45, 7) is 0.984. The molecule has 0 spiro atoms. The van der Waals surface area contributed by atoms with Gasteiger partial charge < -0.3 is 0 Å². The first-order valence-corrected chi connectivity index (χ1v) is 4.23. The van der Waals surface area contributed by atoms with Gasteiger partial charge in [-0.05, 0) is 7.05 Å². The molecule has 0 amide bonds. The van der Waals surface area contributed by atoms with Crippen LogP contribution in [-0.2, 0) is 14.3 Å². The Morgan fingerprint density at radius 2 is 2.22 bits per heavy atom. The van der Waals surface area contributed by atoms with Gasteiger partial charge in [0.05, 0.1) is 6.61 Å². The van der Waals surface area contributed by atoms with E-state index in [1.807, 2.05) is 0 Å². The molecule has 0 aromatic carbocycles. The lowest BCUT2D eigenvalue weighted by Crippen LogP contribution is -2.36. The summed E-state index contributed by atoms with van der Waals surface area (Å²) in [5.41, 5.74) is 0. The summed E-state index contributed by atoms with van der Waals surface area (Å²) in [7, 11) is -1.46. The zero-order valence-corrected chi connectivity index (χ0v) is 6.02. The standard InChI is InChI=1S/C4H9NO3S/c1-5-2-3-8-9(6,7)4-5/h2-4H2,1H3. The fourth-order valence-electron chi connectivity index (χ4n) is 0.692. The van der Waals surface area contributed by atoms with Crippen molar-refractivity contribution >= 4 is 10.1 Å². The predicted octanol–water partition coefficient (Wildman–Crippen LogP) is -0.764. The third kappa shape index (κ3) is 1.92. The van der Waals surface area contributed by atoms with Crippen LogP contribution in [0.5, 0.6) is 0 Å². The smallest absolute Gasteiger partial charge is 0.280 e. The van der Waals surface area contributed by atoms with Gasteiger partial charge in [-0.25, -0.2) is 0 Å². The van der Waals surface area contributed by atoms with Crippen molar-refractivity contribution in [2.75, 3.05) is 26.1 Å². The van der Waals surface area contributed by atoms with Gasteiger partial charge in [0.25, 0.3) is 10.1 Å². The molecule has 0 aromatic heterocycles. The van der Waals surface area contributed by atoms with E-state index in [0.717, 1.165) is 0 Å². The van der Waals surface area contributed by atoms with E-state index in [1.165, 1.54) is 0 Å². The maximum Gasteiger partial charge on any atom is 0.280 e. The second-order valence-electron chi connectivity index (χ2n) is 2.09. The molecule has 0 N–H and O–H groups in total. The summed E-state index contributed by atoms with van der Waals surface area (Å²) in [4.78, 5) is 1.71. The lowest BCUT2D eigenvalue weighted by atomic mass is 10.6. The molecule has 9 heavy (non-hydrogen) atoms.